The van der Waals surface area contributed by atoms with Gasteiger partial charge in [-0.05, 0) is 99.6 Å². The topological polar surface area (TPSA) is 17.3 Å². The van der Waals surface area contributed by atoms with Crippen LogP contribution in [-0.2, 0) is 5.41 Å². The van der Waals surface area contributed by atoms with Gasteiger partial charge in [-0.1, -0.05) is 176 Å². The first-order valence-corrected chi connectivity index (χ1v) is 20.2. The van der Waals surface area contributed by atoms with Gasteiger partial charge in [-0.15, -0.1) is 0 Å². The number of hydrogen-bond donors (Lipinski definition) is 0. The Labute approximate surface area is 328 Å². The van der Waals surface area contributed by atoms with Crippen molar-refractivity contribution in [2.24, 2.45) is 5.92 Å². The van der Waals surface area contributed by atoms with E-state index in [1.165, 1.54) is 83.9 Å². The summed E-state index contributed by atoms with van der Waals surface area (Å²) in [5.74, 6) is 0.475. The van der Waals surface area contributed by atoms with Gasteiger partial charge in [-0.25, -0.2) is 4.52 Å². The maximum atomic E-state index is 5.15. The van der Waals surface area contributed by atoms with Crippen LogP contribution >= 0.6 is 0 Å². The van der Waals surface area contributed by atoms with Crippen molar-refractivity contribution in [2.45, 2.75) is 37.5 Å². The second-order valence-corrected chi connectivity index (χ2v) is 15.7. The van der Waals surface area contributed by atoms with E-state index in [0.29, 0.717) is 5.92 Å². The molecule has 0 fully saturated rings. The maximum absolute atomic E-state index is 5.15. The predicted molar refractivity (Wildman–Crippen MR) is 234 cm³/mol. The smallest absolute Gasteiger partial charge is 0.0822 e. The molecule has 56 heavy (non-hydrogen) atoms. The molecule has 2 aromatic heterocycles. The molecule has 2 nitrogen and oxygen atoms in total. The molecule has 2 unspecified atom stereocenters. The van der Waals surface area contributed by atoms with Crippen molar-refractivity contribution < 1.29 is 0 Å². The van der Waals surface area contributed by atoms with E-state index in [1.807, 2.05) is 0 Å². The fourth-order valence-electron chi connectivity index (χ4n) is 10.3. The Morgan fingerprint density at radius 1 is 0.554 bits per heavy atom. The summed E-state index contributed by atoms with van der Waals surface area (Å²) in [7, 11) is 0. The van der Waals surface area contributed by atoms with Gasteiger partial charge in [0.1, 0.15) is 0 Å². The molecule has 3 aliphatic carbocycles. The number of rotatable bonds is 6. The van der Waals surface area contributed by atoms with E-state index in [9.17, 15) is 0 Å². The molecule has 0 spiro atoms. The Morgan fingerprint density at radius 3 is 2.05 bits per heavy atom. The minimum absolute atomic E-state index is 0.209. The largest absolute Gasteiger partial charge is 0.231 e. The zero-order chi connectivity index (χ0) is 37.1. The minimum atomic E-state index is -0.209. The number of allylic oxidation sites excluding steroid dienone is 6. The van der Waals surface area contributed by atoms with Gasteiger partial charge in [0.25, 0.3) is 0 Å². The third kappa shape index (κ3) is 4.99. The highest BCUT2D eigenvalue weighted by atomic mass is 15.2. The molecule has 0 aliphatic heterocycles. The van der Waals surface area contributed by atoms with Gasteiger partial charge < -0.3 is 0 Å². The van der Waals surface area contributed by atoms with Crippen LogP contribution in [0.1, 0.15) is 54.4 Å². The fraction of sp³-hybridized carbons (Fsp3) is 0.130. The lowest BCUT2D eigenvalue weighted by Crippen LogP contribution is -2.36. The summed E-state index contributed by atoms with van der Waals surface area (Å²) >= 11 is 0. The van der Waals surface area contributed by atoms with Crippen molar-refractivity contribution in [2.75, 3.05) is 0 Å². The normalized spacial score (nSPS) is 18.6. The summed E-state index contributed by atoms with van der Waals surface area (Å²) in [4.78, 5) is 0. The SMILES string of the molecule is C1=CCCC(c2cnn3c(-c4ccccc4)c(-c4ccc(-c5ccc6c(c5)C(c5ccccc5)(C5CC=CCC5)c5ccccc5-6)cc4)c4ccccc4c23)=C1. The molecule has 0 saturated carbocycles. The molecule has 2 atom stereocenters. The molecule has 268 valence electrons. The van der Waals surface area contributed by atoms with Gasteiger partial charge in [0.05, 0.1) is 17.4 Å². The lowest BCUT2D eigenvalue weighted by molar-refractivity contribution is 0.349. The third-order valence-electron chi connectivity index (χ3n) is 12.8. The molecule has 2 heteroatoms. The number of fused-ring (bicyclic) bond motifs is 6. The van der Waals surface area contributed by atoms with Crippen molar-refractivity contribution in [1.29, 1.82) is 0 Å². The molecule has 11 rings (SSSR count). The molecule has 0 N–H and O–H groups in total. The average Bonchev–Trinajstić information content (AvgIpc) is 3.86. The highest BCUT2D eigenvalue weighted by Crippen LogP contribution is 2.59. The average molecular weight is 719 g/mol. The van der Waals surface area contributed by atoms with Crippen LogP contribution in [0.4, 0.5) is 0 Å². The van der Waals surface area contributed by atoms with E-state index in [2.05, 4.69) is 193 Å². The molecular weight excluding hydrogens is 677 g/mol. The van der Waals surface area contributed by atoms with Crippen LogP contribution in [0.25, 0.3) is 66.5 Å². The Bertz CT molecular complexity index is 2870. The lowest BCUT2D eigenvalue weighted by atomic mass is 9.61. The summed E-state index contributed by atoms with van der Waals surface area (Å²) in [6, 6.07) is 56.7. The number of nitrogens with zero attached hydrogens (tertiary/aromatic N) is 2. The van der Waals surface area contributed by atoms with Gasteiger partial charge in [-0.2, -0.15) is 5.10 Å². The van der Waals surface area contributed by atoms with Crippen molar-refractivity contribution in [3.05, 3.63) is 210 Å². The van der Waals surface area contributed by atoms with Gasteiger partial charge in [-0.3, -0.25) is 0 Å². The maximum Gasteiger partial charge on any atom is 0.0822 e. The molecule has 0 amide bonds. The van der Waals surface area contributed by atoms with Crippen LogP contribution < -0.4 is 0 Å². The van der Waals surface area contributed by atoms with E-state index in [4.69, 9.17) is 5.10 Å². The van der Waals surface area contributed by atoms with Crippen LogP contribution in [0.2, 0.25) is 0 Å². The minimum Gasteiger partial charge on any atom is -0.231 e. The molecule has 0 bridgehead atoms. The standard InChI is InChI=1S/C54H42N2/c1-5-17-38(18-6-1)48-36-55-56-52(40-19-7-2-8-20-40)51(46-26-13-14-27-47(46)53(48)56)39-31-29-37(30-32-39)41-33-34-45-44-25-15-16-28-49(44)54(50(45)35-41,42-21-9-3-10-22-42)43-23-11-4-12-24-43/h1-5,7-11,13-17,19-22,25-36,43H,6,12,18,23-24H2. The Balaban J connectivity index is 1.09. The highest BCUT2D eigenvalue weighted by Gasteiger charge is 2.49. The van der Waals surface area contributed by atoms with Crippen molar-refractivity contribution in [3.63, 3.8) is 0 Å². The first kappa shape index (κ1) is 32.9. The number of pyridine rings is 1. The number of aromatic nitrogens is 2. The summed E-state index contributed by atoms with van der Waals surface area (Å²) in [5, 5.41) is 7.61. The van der Waals surface area contributed by atoms with Crippen LogP contribution in [0.15, 0.2) is 188 Å². The summed E-state index contributed by atoms with van der Waals surface area (Å²) < 4.78 is 2.21. The lowest BCUT2D eigenvalue weighted by Gasteiger charge is -2.41. The second-order valence-electron chi connectivity index (χ2n) is 15.7. The van der Waals surface area contributed by atoms with Crippen LogP contribution in [0, 0.1) is 5.92 Å². The monoisotopic (exact) mass is 718 g/mol. The third-order valence-corrected chi connectivity index (χ3v) is 12.8. The summed E-state index contributed by atoms with van der Waals surface area (Å²) in [6.45, 7) is 0. The van der Waals surface area contributed by atoms with E-state index >= 15 is 0 Å². The van der Waals surface area contributed by atoms with Gasteiger partial charge >= 0.3 is 0 Å². The number of benzene rings is 6. The Morgan fingerprint density at radius 2 is 1.27 bits per heavy atom. The number of hydrogen-bond acceptors (Lipinski definition) is 1. The Kier molecular flexibility index (Phi) is 7.84. The first-order valence-electron chi connectivity index (χ1n) is 20.2. The van der Waals surface area contributed by atoms with E-state index in [-0.39, 0.29) is 5.41 Å². The fourth-order valence-corrected chi connectivity index (χ4v) is 10.3. The highest BCUT2D eigenvalue weighted by molar-refractivity contribution is 6.12. The molecule has 2 heterocycles. The molecule has 3 aliphatic rings. The van der Waals surface area contributed by atoms with Crippen LogP contribution in [0.3, 0.4) is 0 Å². The zero-order valence-electron chi connectivity index (χ0n) is 31.4. The van der Waals surface area contributed by atoms with Crippen LogP contribution in [-0.4, -0.2) is 9.61 Å². The zero-order valence-corrected chi connectivity index (χ0v) is 31.4. The summed E-state index contributed by atoms with van der Waals surface area (Å²) in [5.41, 5.74) is 17.7. The molecular formula is C54H42N2. The summed E-state index contributed by atoms with van der Waals surface area (Å²) in [6.07, 6.45) is 19.0. The van der Waals surface area contributed by atoms with E-state index in [1.54, 1.807) is 0 Å². The molecule has 6 aromatic carbocycles. The molecule has 8 aromatic rings. The van der Waals surface area contributed by atoms with Crippen molar-refractivity contribution in [3.8, 4) is 44.6 Å². The quantitative estimate of drug-likeness (QED) is 0.157. The van der Waals surface area contributed by atoms with Gasteiger partial charge in [0.15, 0.2) is 0 Å². The first-order chi connectivity index (χ1) is 27.8. The second kappa shape index (κ2) is 13.4. The van der Waals surface area contributed by atoms with Crippen LogP contribution in [0.5, 0.6) is 0 Å². The van der Waals surface area contributed by atoms with Gasteiger partial charge in [0, 0.05) is 27.5 Å². The van der Waals surface area contributed by atoms with Gasteiger partial charge in [0.2, 0.25) is 0 Å². The van der Waals surface area contributed by atoms with E-state index < -0.39 is 0 Å². The van der Waals surface area contributed by atoms with Crippen molar-refractivity contribution in [1.82, 2.24) is 9.61 Å². The molecule has 0 saturated heterocycles. The molecule has 0 radical (unpaired) electrons. The predicted octanol–water partition coefficient (Wildman–Crippen LogP) is 13.9. The van der Waals surface area contributed by atoms with E-state index in [0.717, 1.165) is 36.9 Å². The Hall–Kier alpha value is -6.51. The van der Waals surface area contributed by atoms with Crippen molar-refractivity contribution >= 4 is 21.9 Å².